The van der Waals surface area contributed by atoms with Crippen LogP contribution in [-0.4, -0.2) is 60.4 Å². The number of benzene rings is 3. The van der Waals surface area contributed by atoms with Gasteiger partial charge in [0.2, 0.25) is 5.91 Å². The van der Waals surface area contributed by atoms with Gasteiger partial charge in [-0.05, 0) is 48.3 Å². The van der Waals surface area contributed by atoms with Crippen LogP contribution < -0.4 is 0 Å². The summed E-state index contributed by atoms with van der Waals surface area (Å²) in [6.45, 7) is 5.03. The van der Waals surface area contributed by atoms with Crippen LogP contribution >= 0.6 is 0 Å². The van der Waals surface area contributed by atoms with E-state index < -0.39 is 0 Å². The average Bonchev–Trinajstić information content (AvgIpc) is 3.10. The van der Waals surface area contributed by atoms with Crippen molar-refractivity contribution in [1.29, 1.82) is 5.26 Å². The summed E-state index contributed by atoms with van der Waals surface area (Å²) < 4.78 is 0. The summed E-state index contributed by atoms with van der Waals surface area (Å²) in [5.74, 6) is 0.137. The van der Waals surface area contributed by atoms with Gasteiger partial charge in [-0.15, -0.1) is 0 Å². The molecule has 0 bridgehead atoms. The van der Waals surface area contributed by atoms with Crippen LogP contribution in [0.25, 0.3) is 0 Å². The summed E-state index contributed by atoms with van der Waals surface area (Å²) in [4.78, 5) is 20.0. The van der Waals surface area contributed by atoms with E-state index in [1.165, 1.54) is 5.56 Å². The van der Waals surface area contributed by atoms with Gasteiger partial charge in [0.15, 0.2) is 0 Å². The van der Waals surface area contributed by atoms with E-state index in [0.29, 0.717) is 12.1 Å². The zero-order valence-corrected chi connectivity index (χ0v) is 19.8. The summed E-state index contributed by atoms with van der Waals surface area (Å²) in [7, 11) is 1.92. The topological polar surface area (TPSA) is 50.6 Å². The van der Waals surface area contributed by atoms with Crippen LogP contribution in [0.2, 0.25) is 0 Å². The Hall–Kier alpha value is -3.46. The van der Waals surface area contributed by atoms with Gasteiger partial charge in [-0.3, -0.25) is 14.6 Å². The number of hydrogen-bond donors (Lipinski definition) is 0. The van der Waals surface area contributed by atoms with E-state index in [1.54, 1.807) is 0 Å². The number of nitrogens with zero attached hydrogens (tertiary/aromatic N) is 4. The standard InChI is InChI=1S/C29H32N4O/c1-31(29(26-9-4-2-5-10-26)27-11-6-3-7-12-27)28(34)23-33-18-8-17-32(19-20-33)22-25-15-13-24(21-30)14-16-25/h2-7,9-16,29H,8,17-20,22-23H2,1H3. The van der Waals surface area contributed by atoms with Gasteiger partial charge in [-0.2, -0.15) is 5.26 Å². The van der Waals surface area contributed by atoms with E-state index in [-0.39, 0.29) is 11.9 Å². The summed E-state index contributed by atoms with van der Waals surface area (Å²) >= 11 is 0. The van der Waals surface area contributed by atoms with Crippen molar-refractivity contribution in [3.05, 3.63) is 107 Å². The van der Waals surface area contributed by atoms with Crippen molar-refractivity contribution < 1.29 is 4.79 Å². The number of likely N-dealkylation sites (N-methyl/N-ethyl adjacent to an activating group) is 1. The summed E-state index contributed by atoms with van der Waals surface area (Å²) in [6, 6.07) is 30.4. The SMILES string of the molecule is CN(C(=O)CN1CCCN(Cc2ccc(C#N)cc2)CC1)C(c1ccccc1)c1ccccc1. The fourth-order valence-corrected chi connectivity index (χ4v) is 4.64. The van der Waals surface area contributed by atoms with Gasteiger partial charge >= 0.3 is 0 Å². The van der Waals surface area contributed by atoms with Crippen molar-refractivity contribution in [2.24, 2.45) is 0 Å². The van der Waals surface area contributed by atoms with Gasteiger partial charge in [0.1, 0.15) is 0 Å². The Balaban J connectivity index is 1.38. The quantitative estimate of drug-likeness (QED) is 0.536. The molecule has 0 saturated carbocycles. The third-order valence-corrected chi connectivity index (χ3v) is 6.54. The Morgan fingerprint density at radius 1 is 0.853 bits per heavy atom. The minimum Gasteiger partial charge on any atom is -0.334 e. The molecule has 1 aliphatic rings. The van der Waals surface area contributed by atoms with Gasteiger partial charge in [0.05, 0.1) is 24.2 Å². The molecule has 1 fully saturated rings. The number of rotatable bonds is 7. The van der Waals surface area contributed by atoms with Gasteiger partial charge in [0.25, 0.3) is 0 Å². The first-order valence-electron chi connectivity index (χ1n) is 11.9. The predicted molar refractivity (Wildman–Crippen MR) is 135 cm³/mol. The summed E-state index contributed by atoms with van der Waals surface area (Å²) in [6.07, 6.45) is 1.04. The second-order valence-corrected chi connectivity index (χ2v) is 8.94. The van der Waals surface area contributed by atoms with Crippen LogP contribution in [0, 0.1) is 11.3 Å². The normalized spacial score (nSPS) is 15.0. The molecule has 3 aromatic rings. The van der Waals surface area contributed by atoms with E-state index in [2.05, 4.69) is 40.1 Å². The molecule has 0 aromatic heterocycles. The third kappa shape index (κ3) is 6.11. The van der Waals surface area contributed by atoms with Crippen molar-refractivity contribution >= 4 is 5.91 Å². The molecule has 0 atom stereocenters. The Morgan fingerprint density at radius 2 is 1.41 bits per heavy atom. The zero-order valence-electron chi connectivity index (χ0n) is 19.8. The average molecular weight is 453 g/mol. The second kappa shape index (κ2) is 11.6. The molecule has 5 nitrogen and oxygen atoms in total. The molecule has 1 aliphatic heterocycles. The van der Waals surface area contributed by atoms with Crippen molar-refractivity contribution in [1.82, 2.24) is 14.7 Å². The number of carbonyl (C=O) groups is 1. The molecule has 4 rings (SSSR count). The Kier molecular flexibility index (Phi) is 8.08. The predicted octanol–water partition coefficient (Wildman–Crippen LogP) is 4.31. The monoisotopic (exact) mass is 452 g/mol. The van der Waals surface area contributed by atoms with Crippen molar-refractivity contribution in [2.45, 2.75) is 19.0 Å². The smallest absolute Gasteiger partial charge is 0.237 e. The van der Waals surface area contributed by atoms with Crippen LogP contribution in [0.1, 0.15) is 34.7 Å². The number of nitriles is 1. The van der Waals surface area contributed by atoms with Crippen LogP contribution in [0.4, 0.5) is 0 Å². The molecule has 0 aliphatic carbocycles. The molecule has 0 N–H and O–H groups in total. The molecule has 0 unspecified atom stereocenters. The Bertz CT molecular complexity index is 1050. The molecule has 174 valence electrons. The maximum Gasteiger partial charge on any atom is 0.237 e. The molecule has 1 amide bonds. The van der Waals surface area contributed by atoms with Crippen LogP contribution in [-0.2, 0) is 11.3 Å². The highest BCUT2D eigenvalue weighted by molar-refractivity contribution is 5.79. The highest BCUT2D eigenvalue weighted by atomic mass is 16.2. The highest BCUT2D eigenvalue weighted by Gasteiger charge is 2.25. The summed E-state index contributed by atoms with van der Waals surface area (Å²) in [5, 5.41) is 8.99. The molecule has 1 saturated heterocycles. The van der Waals surface area contributed by atoms with E-state index in [1.807, 2.05) is 72.6 Å². The van der Waals surface area contributed by atoms with Crippen molar-refractivity contribution in [2.75, 3.05) is 39.8 Å². The molecule has 3 aromatic carbocycles. The van der Waals surface area contributed by atoms with E-state index in [0.717, 1.165) is 50.3 Å². The molecule has 5 heteroatoms. The molecular weight excluding hydrogens is 420 g/mol. The largest absolute Gasteiger partial charge is 0.334 e. The summed E-state index contributed by atoms with van der Waals surface area (Å²) in [5.41, 5.74) is 4.15. The first-order chi connectivity index (χ1) is 16.6. The van der Waals surface area contributed by atoms with Crippen LogP contribution in [0.5, 0.6) is 0 Å². The van der Waals surface area contributed by atoms with E-state index in [4.69, 9.17) is 5.26 Å². The maximum absolute atomic E-state index is 13.4. The van der Waals surface area contributed by atoms with E-state index >= 15 is 0 Å². The van der Waals surface area contributed by atoms with Crippen molar-refractivity contribution in [3.8, 4) is 6.07 Å². The maximum atomic E-state index is 13.4. The fourth-order valence-electron chi connectivity index (χ4n) is 4.64. The minimum absolute atomic E-state index is 0.102. The van der Waals surface area contributed by atoms with Crippen molar-refractivity contribution in [3.63, 3.8) is 0 Å². The molecule has 0 radical (unpaired) electrons. The lowest BCUT2D eigenvalue weighted by molar-refractivity contribution is -0.132. The van der Waals surface area contributed by atoms with E-state index in [9.17, 15) is 4.79 Å². The van der Waals surface area contributed by atoms with Gasteiger partial charge in [-0.25, -0.2) is 0 Å². The first kappa shape index (κ1) is 23.7. The third-order valence-electron chi connectivity index (χ3n) is 6.54. The molecule has 1 heterocycles. The number of amides is 1. The molecular formula is C29H32N4O. The molecule has 34 heavy (non-hydrogen) atoms. The van der Waals surface area contributed by atoms with Gasteiger partial charge in [-0.1, -0.05) is 72.8 Å². The Morgan fingerprint density at radius 3 is 2.00 bits per heavy atom. The van der Waals surface area contributed by atoms with Crippen LogP contribution in [0.3, 0.4) is 0 Å². The first-order valence-corrected chi connectivity index (χ1v) is 11.9. The van der Waals surface area contributed by atoms with Gasteiger partial charge < -0.3 is 4.90 Å². The number of carbonyl (C=O) groups excluding carboxylic acids is 1. The highest BCUT2D eigenvalue weighted by Crippen LogP contribution is 2.27. The van der Waals surface area contributed by atoms with Crippen LogP contribution in [0.15, 0.2) is 84.9 Å². The fraction of sp³-hybridized carbons (Fsp3) is 0.310. The Labute approximate surface area is 202 Å². The zero-order chi connectivity index (χ0) is 23.8. The van der Waals surface area contributed by atoms with Gasteiger partial charge in [0, 0.05) is 26.7 Å². The molecule has 0 spiro atoms. The lowest BCUT2D eigenvalue weighted by Gasteiger charge is -2.31. The number of hydrogen-bond acceptors (Lipinski definition) is 4. The lowest BCUT2D eigenvalue weighted by atomic mass is 9.97. The lowest BCUT2D eigenvalue weighted by Crippen LogP contribution is -2.41. The second-order valence-electron chi connectivity index (χ2n) is 8.94. The minimum atomic E-state index is -0.102.